The number of carbonyl (C=O) groups is 1. The minimum Gasteiger partial charge on any atom is -0.497 e. The molecule has 0 atom stereocenters. The zero-order valence-corrected chi connectivity index (χ0v) is 18.8. The zero-order valence-electron chi connectivity index (χ0n) is 18.8. The van der Waals surface area contributed by atoms with Crippen molar-refractivity contribution in [3.05, 3.63) is 54.4 Å². The van der Waals surface area contributed by atoms with Gasteiger partial charge in [0, 0.05) is 76.1 Å². The van der Waals surface area contributed by atoms with Gasteiger partial charge in [-0.05, 0) is 36.4 Å². The Bertz CT molecular complexity index is 1040. The quantitative estimate of drug-likeness (QED) is 0.565. The number of nitrogens with zero attached hydrogens (tertiary/aromatic N) is 5. The van der Waals surface area contributed by atoms with Gasteiger partial charge in [-0.3, -0.25) is 4.79 Å². The van der Waals surface area contributed by atoms with E-state index in [1.165, 1.54) is 0 Å². The van der Waals surface area contributed by atoms with Gasteiger partial charge in [0.2, 0.25) is 17.6 Å². The summed E-state index contributed by atoms with van der Waals surface area (Å²) < 4.78 is 10.7. The van der Waals surface area contributed by atoms with Gasteiger partial charge >= 0.3 is 0 Å². The summed E-state index contributed by atoms with van der Waals surface area (Å²) in [6.45, 7) is 2.99. The number of anilines is 2. The van der Waals surface area contributed by atoms with E-state index in [-0.39, 0.29) is 5.91 Å². The first-order chi connectivity index (χ1) is 15.5. The van der Waals surface area contributed by atoms with Crippen molar-refractivity contribution in [3.8, 4) is 17.1 Å². The van der Waals surface area contributed by atoms with Gasteiger partial charge in [0.05, 0.1) is 7.11 Å². The Labute approximate surface area is 188 Å². The van der Waals surface area contributed by atoms with Crippen LogP contribution in [0.1, 0.15) is 12.3 Å². The summed E-state index contributed by atoms with van der Waals surface area (Å²) in [5.74, 6) is 1.99. The Balaban J connectivity index is 1.27. The summed E-state index contributed by atoms with van der Waals surface area (Å²) in [7, 11) is 5.66. The number of benzene rings is 2. The molecule has 0 bridgehead atoms. The van der Waals surface area contributed by atoms with Crippen LogP contribution in [0.2, 0.25) is 0 Å². The highest BCUT2D eigenvalue weighted by Crippen LogP contribution is 2.23. The Hall–Kier alpha value is -3.55. The Morgan fingerprint density at radius 1 is 1.09 bits per heavy atom. The number of ether oxygens (including phenoxy) is 1. The number of aromatic nitrogens is 2. The van der Waals surface area contributed by atoms with E-state index in [2.05, 4.69) is 21.1 Å². The first kappa shape index (κ1) is 21.7. The van der Waals surface area contributed by atoms with Crippen molar-refractivity contribution in [2.45, 2.75) is 12.8 Å². The molecule has 0 spiro atoms. The highest BCUT2D eigenvalue weighted by atomic mass is 16.5. The van der Waals surface area contributed by atoms with Crippen molar-refractivity contribution in [3.63, 3.8) is 0 Å². The third kappa shape index (κ3) is 5.01. The standard InChI is InChI=1S/C24H29N5O3/c1-27(2)19-9-7-18(8-10-19)24-25-22(32-26-24)11-12-23(30)29-15-13-28(14-16-29)20-5-4-6-21(17-20)31-3/h4-10,17H,11-16H2,1-3H3. The van der Waals surface area contributed by atoms with Crippen LogP contribution in [0, 0.1) is 0 Å². The van der Waals surface area contributed by atoms with E-state index in [0.717, 1.165) is 35.8 Å². The number of rotatable bonds is 7. The molecule has 1 saturated heterocycles. The third-order valence-electron chi connectivity index (χ3n) is 5.71. The summed E-state index contributed by atoms with van der Waals surface area (Å²) in [6, 6.07) is 16.0. The van der Waals surface area contributed by atoms with E-state index in [4.69, 9.17) is 9.26 Å². The van der Waals surface area contributed by atoms with E-state index < -0.39 is 0 Å². The van der Waals surface area contributed by atoms with Crippen LogP contribution in [0.25, 0.3) is 11.4 Å². The minimum absolute atomic E-state index is 0.116. The van der Waals surface area contributed by atoms with Gasteiger partial charge in [0.15, 0.2) is 0 Å². The summed E-state index contributed by atoms with van der Waals surface area (Å²) in [4.78, 5) is 23.4. The summed E-state index contributed by atoms with van der Waals surface area (Å²) in [5, 5.41) is 4.07. The normalized spacial score (nSPS) is 13.8. The molecule has 3 aromatic rings. The van der Waals surface area contributed by atoms with Gasteiger partial charge in [-0.2, -0.15) is 4.98 Å². The minimum atomic E-state index is 0.116. The number of amides is 1. The summed E-state index contributed by atoms with van der Waals surface area (Å²) >= 11 is 0. The maximum Gasteiger partial charge on any atom is 0.227 e. The van der Waals surface area contributed by atoms with E-state index in [1.54, 1.807) is 7.11 Å². The molecule has 1 aliphatic heterocycles. The molecule has 2 heterocycles. The fourth-order valence-electron chi connectivity index (χ4n) is 3.78. The predicted molar refractivity (Wildman–Crippen MR) is 124 cm³/mol. The Morgan fingerprint density at radius 3 is 2.53 bits per heavy atom. The monoisotopic (exact) mass is 435 g/mol. The molecule has 168 valence electrons. The molecule has 1 fully saturated rings. The molecule has 0 saturated carbocycles. The molecule has 4 rings (SSSR count). The number of hydrogen-bond donors (Lipinski definition) is 0. The molecule has 32 heavy (non-hydrogen) atoms. The van der Waals surface area contributed by atoms with Crippen LogP contribution in [-0.2, 0) is 11.2 Å². The van der Waals surface area contributed by atoms with Crippen LogP contribution in [0.4, 0.5) is 11.4 Å². The molecule has 1 amide bonds. The van der Waals surface area contributed by atoms with E-state index in [0.29, 0.717) is 37.6 Å². The van der Waals surface area contributed by atoms with Crippen LogP contribution in [-0.4, -0.2) is 68.3 Å². The third-order valence-corrected chi connectivity index (χ3v) is 5.71. The molecule has 0 unspecified atom stereocenters. The lowest BCUT2D eigenvalue weighted by atomic mass is 10.2. The average molecular weight is 436 g/mol. The molecule has 0 aliphatic carbocycles. The van der Waals surface area contributed by atoms with Crippen LogP contribution in [0.5, 0.6) is 5.75 Å². The van der Waals surface area contributed by atoms with Crippen molar-refractivity contribution >= 4 is 17.3 Å². The maximum absolute atomic E-state index is 12.7. The average Bonchev–Trinajstić information content (AvgIpc) is 3.32. The first-order valence-corrected chi connectivity index (χ1v) is 10.8. The van der Waals surface area contributed by atoms with Gasteiger partial charge < -0.3 is 24.0 Å². The topological polar surface area (TPSA) is 74.9 Å². The van der Waals surface area contributed by atoms with Gasteiger partial charge in [-0.15, -0.1) is 0 Å². The molecule has 2 aromatic carbocycles. The zero-order chi connectivity index (χ0) is 22.5. The summed E-state index contributed by atoms with van der Waals surface area (Å²) in [6.07, 6.45) is 0.804. The smallest absolute Gasteiger partial charge is 0.227 e. The molecular formula is C24H29N5O3. The molecule has 0 radical (unpaired) electrons. The lowest BCUT2D eigenvalue weighted by molar-refractivity contribution is -0.131. The van der Waals surface area contributed by atoms with Crippen molar-refractivity contribution in [1.82, 2.24) is 15.0 Å². The maximum atomic E-state index is 12.7. The van der Waals surface area contributed by atoms with Crippen LogP contribution in [0.15, 0.2) is 53.1 Å². The molecule has 1 aromatic heterocycles. The number of piperazine rings is 1. The number of aryl methyl sites for hydroxylation is 1. The molecule has 0 N–H and O–H groups in total. The van der Waals surface area contributed by atoms with Gasteiger partial charge in [0.25, 0.3) is 0 Å². The molecule has 8 nitrogen and oxygen atoms in total. The Kier molecular flexibility index (Phi) is 6.58. The second kappa shape index (κ2) is 9.72. The Morgan fingerprint density at radius 2 is 1.84 bits per heavy atom. The molecule has 1 aliphatic rings. The van der Waals surface area contributed by atoms with E-state index in [9.17, 15) is 4.79 Å². The van der Waals surface area contributed by atoms with Crippen LogP contribution < -0.4 is 14.5 Å². The van der Waals surface area contributed by atoms with Gasteiger partial charge in [0.1, 0.15) is 5.75 Å². The van der Waals surface area contributed by atoms with Crippen molar-refractivity contribution in [2.75, 3.05) is 57.2 Å². The van der Waals surface area contributed by atoms with Crippen molar-refractivity contribution in [2.24, 2.45) is 0 Å². The van der Waals surface area contributed by atoms with Crippen molar-refractivity contribution in [1.29, 1.82) is 0 Å². The number of methoxy groups -OCH3 is 1. The fourth-order valence-corrected chi connectivity index (χ4v) is 3.78. The number of carbonyl (C=O) groups excluding carboxylic acids is 1. The second-order valence-electron chi connectivity index (χ2n) is 8.02. The van der Waals surface area contributed by atoms with Crippen LogP contribution in [0.3, 0.4) is 0 Å². The molecule has 8 heteroatoms. The van der Waals surface area contributed by atoms with Crippen molar-refractivity contribution < 1.29 is 14.1 Å². The van der Waals surface area contributed by atoms with Gasteiger partial charge in [-0.25, -0.2) is 0 Å². The SMILES string of the molecule is COc1cccc(N2CCN(C(=O)CCc3nc(-c4ccc(N(C)C)cc4)no3)CC2)c1. The molecular weight excluding hydrogens is 406 g/mol. The highest BCUT2D eigenvalue weighted by molar-refractivity contribution is 5.76. The lowest BCUT2D eigenvalue weighted by Crippen LogP contribution is -2.48. The van der Waals surface area contributed by atoms with E-state index >= 15 is 0 Å². The first-order valence-electron chi connectivity index (χ1n) is 10.8. The predicted octanol–water partition coefficient (Wildman–Crippen LogP) is 3.09. The summed E-state index contributed by atoms with van der Waals surface area (Å²) in [5.41, 5.74) is 3.12. The highest BCUT2D eigenvalue weighted by Gasteiger charge is 2.22. The fraction of sp³-hybridized carbons (Fsp3) is 0.375. The van der Waals surface area contributed by atoms with Crippen LogP contribution >= 0.6 is 0 Å². The van der Waals surface area contributed by atoms with Gasteiger partial charge in [-0.1, -0.05) is 11.2 Å². The lowest BCUT2D eigenvalue weighted by Gasteiger charge is -2.36. The van der Waals surface area contributed by atoms with E-state index in [1.807, 2.05) is 66.4 Å². The number of hydrogen-bond acceptors (Lipinski definition) is 7. The largest absolute Gasteiger partial charge is 0.497 e. The second-order valence-corrected chi connectivity index (χ2v) is 8.02.